The van der Waals surface area contributed by atoms with Crippen LogP contribution in [0.4, 0.5) is 0 Å². The van der Waals surface area contributed by atoms with Crippen LogP contribution in [0.25, 0.3) is 5.69 Å². The molecule has 0 radical (unpaired) electrons. The fourth-order valence-corrected chi connectivity index (χ4v) is 2.62. The first kappa shape index (κ1) is 13.4. The molecule has 1 saturated heterocycles. The zero-order valence-electron chi connectivity index (χ0n) is 11.3. The molecule has 1 aromatic carbocycles. The van der Waals surface area contributed by atoms with Crippen molar-refractivity contribution in [3.8, 4) is 5.69 Å². The monoisotopic (exact) mass is 285 g/mol. The SMILES string of the molecule is O=C(O)C1CCCN1C(=O)c1ccc(-n2ccnc2)cc1. The third kappa shape index (κ3) is 2.52. The number of amides is 1. The van der Waals surface area contributed by atoms with Crippen molar-refractivity contribution in [1.29, 1.82) is 0 Å². The first-order valence-electron chi connectivity index (χ1n) is 6.79. The third-order valence-corrected chi connectivity index (χ3v) is 3.72. The number of hydrogen-bond acceptors (Lipinski definition) is 3. The number of rotatable bonds is 3. The Morgan fingerprint density at radius 3 is 2.62 bits per heavy atom. The lowest BCUT2D eigenvalue weighted by Gasteiger charge is -2.21. The molecule has 1 unspecified atom stereocenters. The van der Waals surface area contributed by atoms with Crippen LogP contribution < -0.4 is 0 Å². The highest BCUT2D eigenvalue weighted by Gasteiger charge is 2.34. The number of carboxylic acids is 1. The number of imidazole rings is 1. The molecule has 1 aliphatic rings. The standard InChI is InChI=1S/C15H15N3O3/c19-14(18-8-1-2-13(18)15(20)21)11-3-5-12(6-4-11)17-9-7-16-10-17/h3-7,9-10,13H,1-2,8H2,(H,20,21). The molecule has 1 aliphatic heterocycles. The normalized spacial score (nSPS) is 17.9. The molecule has 0 saturated carbocycles. The first-order chi connectivity index (χ1) is 10.2. The van der Waals surface area contributed by atoms with E-state index in [1.807, 2.05) is 22.9 Å². The van der Waals surface area contributed by atoms with Crippen LogP contribution in [0, 0.1) is 0 Å². The molecule has 3 rings (SSSR count). The van der Waals surface area contributed by atoms with Crippen LogP contribution in [0.15, 0.2) is 43.0 Å². The van der Waals surface area contributed by atoms with E-state index in [1.54, 1.807) is 24.7 Å². The summed E-state index contributed by atoms with van der Waals surface area (Å²) in [5.41, 5.74) is 1.41. The summed E-state index contributed by atoms with van der Waals surface area (Å²) < 4.78 is 1.84. The minimum Gasteiger partial charge on any atom is -0.480 e. The highest BCUT2D eigenvalue weighted by molar-refractivity contribution is 5.97. The molecule has 1 aromatic heterocycles. The number of carbonyl (C=O) groups excluding carboxylic acids is 1. The highest BCUT2D eigenvalue weighted by Crippen LogP contribution is 2.21. The molecule has 21 heavy (non-hydrogen) atoms. The van der Waals surface area contributed by atoms with Crippen molar-refractivity contribution in [2.45, 2.75) is 18.9 Å². The van der Waals surface area contributed by atoms with E-state index in [-0.39, 0.29) is 5.91 Å². The van der Waals surface area contributed by atoms with Crippen molar-refractivity contribution in [2.24, 2.45) is 0 Å². The van der Waals surface area contributed by atoms with Crippen LogP contribution in [0.3, 0.4) is 0 Å². The van der Waals surface area contributed by atoms with Crippen LogP contribution in [-0.2, 0) is 4.79 Å². The van der Waals surface area contributed by atoms with Gasteiger partial charge in [0, 0.05) is 30.2 Å². The molecule has 6 heteroatoms. The van der Waals surface area contributed by atoms with Gasteiger partial charge < -0.3 is 14.6 Å². The molecular formula is C15H15N3O3. The second-order valence-electron chi connectivity index (χ2n) is 5.01. The summed E-state index contributed by atoms with van der Waals surface area (Å²) >= 11 is 0. The molecule has 1 atom stereocenters. The van der Waals surface area contributed by atoms with Crippen molar-refractivity contribution < 1.29 is 14.7 Å². The summed E-state index contributed by atoms with van der Waals surface area (Å²) in [5.74, 6) is -1.16. The molecule has 0 spiro atoms. The Morgan fingerprint density at radius 1 is 1.24 bits per heavy atom. The molecule has 6 nitrogen and oxygen atoms in total. The number of likely N-dealkylation sites (tertiary alicyclic amines) is 1. The molecule has 0 bridgehead atoms. The fourth-order valence-electron chi connectivity index (χ4n) is 2.62. The van der Waals surface area contributed by atoms with E-state index >= 15 is 0 Å². The van der Waals surface area contributed by atoms with Gasteiger partial charge in [-0.2, -0.15) is 0 Å². The maximum Gasteiger partial charge on any atom is 0.326 e. The molecule has 2 aromatic rings. The summed E-state index contributed by atoms with van der Waals surface area (Å²) in [6, 6.07) is 6.37. The Hall–Kier alpha value is -2.63. The number of nitrogens with zero attached hydrogens (tertiary/aromatic N) is 3. The predicted octanol–water partition coefficient (Wildman–Crippen LogP) is 1.56. The van der Waals surface area contributed by atoms with Gasteiger partial charge in [-0.3, -0.25) is 4.79 Å². The molecule has 108 valence electrons. The maximum absolute atomic E-state index is 12.4. The van der Waals surface area contributed by atoms with E-state index in [4.69, 9.17) is 5.11 Å². The zero-order chi connectivity index (χ0) is 14.8. The van der Waals surface area contributed by atoms with Crippen molar-refractivity contribution in [1.82, 2.24) is 14.5 Å². The fraction of sp³-hybridized carbons (Fsp3) is 0.267. The number of carboxylic acid groups (broad SMARTS) is 1. The van der Waals surface area contributed by atoms with E-state index in [2.05, 4.69) is 4.98 Å². The Balaban J connectivity index is 1.80. The van der Waals surface area contributed by atoms with Crippen LogP contribution in [-0.4, -0.2) is 44.0 Å². The second-order valence-corrected chi connectivity index (χ2v) is 5.01. The minimum atomic E-state index is -0.934. The molecule has 1 fully saturated rings. The summed E-state index contributed by atoms with van der Waals surface area (Å²) in [5, 5.41) is 9.14. The van der Waals surface area contributed by atoms with E-state index in [9.17, 15) is 9.59 Å². The second kappa shape index (κ2) is 5.40. The summed E-state index contributed by atoms with van der Waals surface area (Å²) in [6.07, 6.45) is 6.43. The number of carbonyl (C=O) groups is 2. The van der Waals surface area contributed by atoms with Crippen LogP contribution in [0.2, 0.25) is 0 Å². The lowest BCUT2D eigenvalue weighted by Crippen LogP contribution is -2.40. The molecule has 0 aliphatic carbocycles. The maximum atomic E-state index is 12.4. The number of hydrogen-bond donors (Lipinski definition) is 1. The predicted molar refractivity (Wildman–Crippen MR) is 75.3 cm³/mol. The van der Waals surface area contributed by atoms with Crippen LogP contribution in [0.1, 0.15) is 23.2 Å². The smallest absolute Gasteiger partial charge is 0.326 e. The van der Waals surface area contributed by atoms with Crippen molar-refractivity contribution in [3.63, 3.8) is 0 Å². The third-order valence-electron chi connectivity index (χ3n) is 3.72. The topological polar surface area (TPSA) is 75.4 Å². The van der Waals surface area contributed by atoms with Gasteiger partial charge in [0.05, 0.1) is 6.33 Å². The molecule has 1 N–H and O–H groups in total. The van der Waals surface area contributed by atoms with Crippen LogP contribution in [0.5, 0.6) is 0 Å². The minimum absolute atomic E-state index is 0.225. The average molecular weight is 285 g/mol. The summed E-state index contributed by atoms with van der Waals surface area (Å²) in [6.45, 7) is 0.499. The van der Waals surface area contributed by atoms with Gasteiger partial charge in [-0.05, 0) is 37.1 Å². The van der Waals surface area contributed by atoms with Gasteiger partial charge in [-0.25, -0.2) is 9.78 Å². The van der Waals surface area contributed by atoms with Gasteiger partial charge in [0.25, 0.3) is 5.91 Å². The average Bonchev–Trinajstić information content (AvgIpc) is 3.18. The van der Waals surface area contributed by atoms with E-state index < -0.39 is 12.0 Å². The number of aromatic nitrogens is 2. The Morgan fingerprint density at radius 2 is 2.00 bits per heavy atom. The van der Waals surface area contributed by atoms with Crippen molar-refractivity contribution >= 4 is 11.9 Å². The lowest BCUT2D eigenvalue weighted by molar-refractivity contribution is -0.141. The molecule has 1 amide bonds. The van der Waals surface area contributed by atoms with Gasteiger partial charge in [-0.15, -0.1) is 0 Å². The van der Waals surface area contributed by atoms with Gasteiger partial charge in [-0.1, -0.05) is 0 Å². The van der Waals surface area contributed by atoms with Crippen molar-refractivity contribution in [2.75, 3.05) is 6.54 Å². The van der Waals surface area contributed by atoms with Gasteiger partial charge in [0.2, 0.25) is 0 Å². The van der Waals surface area contributed by atoms with Gasteiger partial charge in [0.1, 0.15) is 6.04 Å². The quantitative estimate of drug-likeness (QED) is 0.928. The Labute approximate surface area is 121 Å². The molecule has 2 heterocycles. The van der Waals surface area contributed by atoms with Crippen molar-refractivity contribution in [3.05, 3.63) is 48.5 Å². The van der Waals surface area contributed by atoms with Gasteiger partial charge >= 0.3 is 5.97 Å². The molecular weight excluding hydrogens is 270 g/mol. The first-order valence-corrected chi connectivity index (χ1v) is 6.79. The highest BCUT2D eigenvalue weighted by atomic mass is 16.4. The zero-order valence-corrected chi connectivity index (χ0v) is 11.3. The lowest BCUT2D eigenvalue weighted by atomic mass is 10.1. The Kier molecular flexibility index (Phi) is 3.43. The van der Waals surface area contributed by atoms with Gasteiger partial charge in [0.15, 0.2) is 0 Å². The summed E-state index contributed by atoms with van der Waals surface area (Å²) in [7, 11) is 0. The van der Waals surface area contributed by atoms with E-state index in [0.717, 1.165) is 12.1 Å². The largest absolute Gasteiger partial charge is 0.480 e. The van der Waals surface area contributed by atoms with Crippen LogP contribution >= 0.6 is 0 Å². The van der Waals surface area contributed by atoms with E-state index in [0.29, 0.717) is 18.5 Å². The number of aliphatic carboxylic acids is 1. The number of benzene rings is 1. The summed E-state index contributed by atoms with van der Waals surface area (Å²) in [4.78, 5) is 29.0. The van der Waals surface area contributed by atoms with E-state index in [1.165, 1.54) is 4.90 Å². The Bertz CT molecular complexity index is 649.